The summed E-state index contributed by atoms with van der Waals surface area (Å²) in [4.78, 5) is 7.65. The van der Waals surface area contributed by atoms with E-state index in [-0.39, 0.29) is 27.1 Å². The molecular weight excluding hydrogens is 840 g/mol. The number of aryl methyl sites for hydroxylation is 1. The largest absolute Gasteiger partial charge is 0.354 e. The van der Waals surface area contributed by atoms with E-state index in [1.165, 1.54) is 136 Å². The number of allylic oxidation sites excluding steroid dienone is 3. The van der Waals surface area contributed by atoms with Crippen molar-refractivity contribution >= 4 is 85.6 Å². The number of hydrogen-bond donors (Lipinski definition) is 1. The highest BCUT2D eigenvalue weighted by Crippen LogP contribution is 2.55. The zero-order chi connectivity index (χ0) is 47.9. The second kappa shape index (κ2) is 15.4. The second-order valence-electron chi connectivity index (χ2n) is 23.7. The van der Waals surface area contributed by atoms with Crippen molar-refractivity contribution < 1.29 is 0 Å². The Morgan fingerprint density at radius 1 is 0.735 bits per heavy atom. The first-order chi connectivity index (χ1) is 32.3. The smallest absolute Gasteiger partial charge is 0.190 e. The standard InChI is InChI=1S/C64H66BN2S/c1-14-16-21-41-45-34-44(42-23-19-24-43-56-40-22-18-17-20-38(40)25-28-53(56)66-57(42)43)52(37-55(45)68-54(41)15-2)65-59-58(67(13)39-26-27-47-49(33-39)61(5,6)30-29-60(47,3)4)46-35-50-51(36-48(46)64(59,11)12)63(9,10)32-31-62(50,7)8/h1,15-17,19-21,23-28,33-37,66H,2,18,22,29-32H2,3-13H3/b21-16-. The Bertz CT molecular complexity index is 3450. The average Bonchev–Trinajstić information content (AvgIpc) is 3.94. The summed E-state index contributed by atoms with van der Waals surface area (Å²) in [7, 11) is 4.90. The van der Waals surface area contributed by atoms with Gasteiger partial charge in [-0.1, -0.05) is 147 Å². The van der Waals surface area contributed by atoms with Gasteiger partial charge in [-0.15, -0.1) is 17.8 Å². The minimum atomic E-state index is -0.310. The minimum absolute atomic E-state index is 0.0706. The summed E-state index contributed by atoms with van der Waals surface area (Å²) in [6, 6.07) is 29.0. The van der Waals surface area contributed by atoms with Gasteiger partial charge in [0.2, 0.25) is 0 Å². The van der Waals surface area contributed by atoms with Crippen molar-refractivity contribution in [3.05, 3.63) is 152 Å². The Morgan fingerprint density at radius 3 is 2.13 bits per heavy atom. The Kier molecular flexibility index (Phi) is 10.1. The van der Waals surface area contributed by atoms with Crippen molar-refractivity contribution in [3.63, 3.8) is 0 Å². The van der Waals surface area contributed by atoms with Crippen LogP contribution in [0.3, 0.4) is 0 Å². The summed E-state index contributed by atoms with van der Waals surface area (Å²) < 4.78 is 1.22. The van der Waals surface area contributed by atoms with Crippen molar-refractivity contribution in [1.82, 2.24) is 4.98 Å². The minimum Gasteiger partial charge on any atom is -0.354 e. The molecule has 0 atom stereocenters. The number of nitrogens with zero attached hydrogens (tertiary/aromatic N) is 1. The summed E-state index contributed by atoms with van der Waals surface area (Å²) in [5, 5.41) is 3.82. The molecule has 5 aromatic carbocycles. The van der Waals surface area contributed by atoms with Crippen LogP contribution in [0.1, 0.15) is 156 Å². The van der Waals surface area contributed by atoms with Crippen LogP contribution in [0.4, 0.5) is 5.69 Å². The van der Waals surface area contributed by atoms with Gasteiger partial charge in [0, 0.05) is 71.8 Å². The second-order valence-corrected chi connectivity index (χ2v) is 24.8. The van der Waals surface area contributed by atoms with Crippen molar-refractivity contribution in [2.75, 3.05) is 11.9 Å². The molecule has 341 valence electrons. The number of H-pyrrole nitrogens is 1. The van der Waals surface area contributed by atoms with Crippen LogP contribution in [0.25, 0.3) is 66.9 Å². The first kappa shape index (κ1) is 44.7. The molecule has 0 spiro atoms. The topological polar surface area (TPSA) is 19.0 Å². The molecule has 2 nitrogen and oxygen atoms in total. The molecule has 0 amide bonds. The molecule has 11 rings (SSSR count). The van der Waals surface area contributed by atoms with Gasteiger partial charge in [0.05, 0.1) is 5.52 Å². The molecule has 0 saturated heterocycles. The van der Waals surface area contributed by atoms with Crippen LogP contribution in [0.15, 0.2) is 97.0 Å². The lowest BCUT2D eigenvalue weighted by molar-refractivity contribution is 0.331. The van der Waals surface area contributed by atoms with Crippen LogP contribution in [0.2, 0.25) is 0 Å². The number of nitrogens with one attached hydrogen (secondary N) is 1. The monoisotopic (exact) mass is 906 g/mol. The van der Waals surface area contributed by atoms with Crippen molar-refractivity contribution in [3.8, 4) is 23.5 Å². The van der Waals surface area contributed by atoms with Gasteiger partial charge in [-0.3, -0.25) is 0 Å². The molecule has 68 heavy (non-hydrogen) atoms. The van der Waals surface area contributed by atoms with Gasteiger partial charge in [0.1, 0.15) is 0 Å². The van der Waals surface area contributed by atoms with E-state index in [4.69, 9.17) is 6.42 Å². The number of terminal acetylenes is 1. The molecule has 1 radical (unpaired) electrons. The molecular formula is C64H66BN2S. The maximum atomic E-state index is 5.85. The SMILES string of the molecule is C#C/C=C\c1c(C=C)sc2cc([B]C3=C(N(C)c4ccc5c(c4)C(C)(C)CCC5(C)C)c4cc5c(cc4C3(C)C)C(C)(C)CCC5(C)C)c(-c3cccc4c3[nH]c3ccc5c(c34)CCC=C5)cc12. The van der Waals surface area contributed by atoms with Gasteiger partial charge in [0.25, 0.3) is 0 Å². The Labute approximate surface area is 410 Å². The first-order valence-corrected chi connectivity index (χ1v) is 25.8. The van der Waals surface area contributed by atoms with Gasteiger partial charge in [0.15, 0.2) is 7.28 Å². The number of aromatic amines is 1. The van der Waals surface area contributed by atoms with Crippen LogP contribution in [-0.2, 0) is 33.5 Å². The normalized spacial score (nSPS) is 19.2. The molecule has 0 saturated carbocycles. The molecule has 1 N–H and O–H groups in total. The quantitative estimate of drug-likeness (QED) is 0.125. The summed E-state index contributed by atoms with van der Waals surface area (Å²) >= 11 is 1.79. The summed E-state index contributed by atoms with van der Waals surface area (Å²) in [5.74, 6) is 2.76. The number of benzene rings is 5. The van der Waals surface area contributed by atoms with Gasteiger partial charge in [-0.2, -0.15) is 0 Å². The van der Waals surface area contributed by atoms with E-state index < -0.39 is 0 Å². The van der Waals surface area contributed by atoms with Crippen molar-refractivity contribution in [2.45, 2.75) is 135 Å². The molecule has 4 heteroatoms. The third-order valence-corrected chi connectivity index (χ3v) is 18.4. The fourth-order valence-electron chi connectivity index (χ4n) is 12.8. The Balaban J connectivity index is 1.18. The molecule has 4 aliphatic rings. The number of thiophene rings is 1. The fourth-order valence-corrected chi connectivity index (χ4v) is 13.9. The highest BCUT2D eigenvalue weighted by atomic mass is 32.1. The van der Waals surface area contributed by atoms with Crippen LogP contribution in [-0.4, -0.2) is 19.3 Å². The van der Waals surface area contributed by atoms with E-state index in [1.54, 1.807) is 11.3 Å². The molecule has 0 fully saturated rings. The molecule has 2 aromatic heterocycles. The lowest BCUT2D eigenvalue weighted by atomic mass is 9.53. The Hall–Kier alpha value is -5.76. The van der Waals surface area contributed by atoms with Crippen LogP contribution in [0, 0.1) is 12.3 Å². The number of fused-ring (bicyclic) bond motifs is 9. The molecule has 0 bridgehead atoms. The van der Waals surface area contributed by atoms with E-state index >= 15 is 0 Å². The van der Waals surface area contributed by atoms with Gasteiger partial charge >= 0.3 is 0 Å². The lowest BCUT2D eigenvalue weighted by Gasteiger charge is -2.43. The van der Waals surface area contributed by atoms with Gasteiger partial charge < -0.3 is 9.88 Å². The molecule has 0 aliphatic heterocycles. The zero-order valence-electron chi connectivity index (χ0n) is 42.3. The summed E-state index contributed by atoms with van der Waals surface area (Å²) in [6.45, 7) is 28.8. The molecule has 2 heterocycles. The van der Waals surface area contributed by atoms with E-state index in [0.29, 0.717) is 0 Å². The lowest BCUT2D eigenvalue weighted by Crippen LogP contribution is -2.35. The summed E-state index contributed by atoms with van der Waals surface area (Å²) in [5.41, 5.74) is 22.6. The Morgan fingerprint density at radius 2 is 1.43 bits per heavy atom. The third kappa shape index (κ3) is 6.73. The molecule has 7 aromatic rings. The van der Waals surface area contributed by atoms with Crippen LogP contribution in [0.5, 0.6) is 0 Å². The van der Waals surface area contributed by atoms with E-state index in [1.807, 2.05) is 12.2 Å². The van der Waals surface area contributed by atoms with Crippen LogP contribution < -0.4 is 10.4 Å². The summed E-state index contributed by atoms with van der Waals surface area (Å²) in [6.07, 6.45) is 23.2. The molecule has 4 aliphatic carbocycles. The van der Waals surface area contributed by atoms with E-state index in [2.05, 4.69) is 197 Å². The highest BCUT2D eigenvalue weighted by molar-refractivity contribution is 7.20. The number of aromatic nitrogens is 1. The van der Waals surface area contributed by atoms with Crippen molar-refractivity contribution in [1.29, 1.82) is 0 Å². The van der Waals surface area contributed by atoms with Gasteiger partial charge in [-0.05, 0) is 153 Å². The maximum absolute atomic E-state index is 5.85. The third-order valence-electron chi connectivity index (χ3n) is 17.3. The predicted molar refractivity (Wildman–Crippen MR) is 299 cm³/mol. The number of rotatable bonds is 7. The zero-order valence-corrected chi connectivity index (χ0v) is 43.1. The van der Waals surface area contributed by atoms with Crippen molar-refractivity contribution in [2.24, 2.45) is 0 Å². The number of para-hydroxylation sites is 1. The predicted octanol–water partition coefficient (Wildman–Crippen LogP) is 16.3. The van der Waals surface area contributed by atoms with Gasteiger partial charge in [-0.25, -0.2) is 0 Å². The molecule has 0 unspecified atom stereocenters. The number of anilines is 1. The maximum Gasteiger partial charge on any atom is 0.190 e. The fraction of sp³-hybridized carbons (Fsp3) is 0.344. The first-order valence-electron chi connectivity index (χ1n) is 25.0. The number of hydrogen-bond acceptors (Lipinski definition) is 2. The van der Waals surface area contributed by atoms with E-state index in [9.17, 15) is 0 Å². The van der Waals surface area contributed by atoms with E-state index in [0.717, 1.165) is 23.3 Å². The van der Waals surface area contributed by atoms with Crippen LogP contribution >= 0.6 is 11.3 Å². The highest BCUT2D eigenvalue weighted by Gasteiger charge is 2.45. The average molecular weight is 906 g/mol.